The molecule has 1 rings (SSSR count). The molecule has 0 heterocycles. The lowest BCUT2D eigenvalue weighted by Crippen LogP contribution is -2.43. The predicted octanol–water partition coefficient (Wildman–Crippen LogP) is 1.87. The van der Waals surface area contributed by atoms with Crippen molar-refractivity contribution in [3.05, 3.63) is 35.4 Å². The van der Waals surface area contributed by atoms with Crippen molar-refractivity contribution in [3.8, 4) is 0 Å². The van der Waals surface area contributed by atoms with Crippen molar-refractivity contribution in [3.63, 3.8) is 0 Å². The van der Waals surface area contributed by atoms with Gasteiger partial charge in [0, 0.05) is 24.6 Å². The van der Waals surface area contributed by atoms with E-state index in [1.807, 2.05) is 32.9 Å². The molecular formula is C18H28N4O2. The summed E-state index contributed by atoms with van der Waals surface area (Å²) >= 11 is 0. The Hall–Kier alpha value is -2.37. The Morgan fingerprint density at radius 3 is 2.38 bits per heavy atom. The minimum absolute atomic E-state index is 0.0179. The Bertz CT molecular complexity index is 569. The van der Waals surface area contributed by atoms with Crippen molar-refractivity contribution in [2.45, 2.75) is 40.2 Å². The van der Waals surface area contributed by atoms with E-state index in [-0.39, 0.29) is 30.1 Å². The molecule has 1 aromatic carbocycles. The summed E-state index contributed by atoms with van der Waals surface area (Å²) in [6, 6.07) is 7.15. The molecule has 0 saturated carbocycles. The molecule has 0 spiro atoms. The number of rotatable bonds is 9. The first-order valence-corrected chi connectivity index (χ1v) is 8.37. The molecular weight excluding hydrogens is 304 g/mol. The van der Waals surface area contributed by atoms with Crippen LogP contribution >= 0.6 is 0 Å². The van der Waals surface area contributed by atoms with Gasteiger partial charge in [-0.05, 0) is 18.4 Å². The highest BCUT2D eigenvalue weighted by Crippen LogP contribution is 2.08. The van der Waals surface area contributed by atoms with Crippen LogP contribution < -0.4 is 11.1 Å². The molecule has 4 N–H and O–H groups in total. The molecule has 0 aliphatic rings. The zero-order chi connectivity index (χ0) is 18.1. The van der Waals surface area contributed by atoms with Crippen molar-refractivity contribution in [2.75, 3.05) is 13.1 Å². The van der Waals surface area contributed by atoms with Gasteiger partial charge in [-0.3, -0.25) is 15.0 Å². The number of amidine groups is 1. The third-order valence-electron chi connectivity index (χ3n) is 3.93. The van der Waals surface area contributed by atoms with Crippen LogP contribution in [0.4, 0.5) is 0 Å². The smallest absolute Gasteiger partial charge is 0.239 e. The topological polar surface area (TPSA) is 99.3 Å². The van der Waals surface area contributed by atoms with Crippen molar-refractivity contribution in [2.24, 2.45) is 11.7 Å². The molecule has 0 fully saturated rings. The van der Waals surface area contributed by atoms with Gasteiger partial charge in [0.2, 0.25) is 11.8 Å². The number of nitrogens with two attached hydrogens (primary N) is 1. The average Bonchev–Trinajstić information content (AvgIpc) is 2.58. The number of hydrogen-bond donors (Lipinski definition) is 3. The second-order valence-corrected chi connectivity index (χ2v) is 5.96. The molecule has 132 valence electrons. The molecule has 1 atom stereocenters. The predicted molar refractivity (Wildman–Crippen MR) is 95.6 cm³/mol. The van der Waals surface area contributed by atoms with E-state index in [2.05, 4.69) is 5.32 Å². The fourth-order valence-corrected chi connectivity index (χ4v) is 2.26. The number of nitrogen functional groups attached to an aromatic ring is 1. The Labute approximate surface area is 143 Å². The third kappa shape index (κ3) is 6.02. The van der Waals surface area contributed by atoms with E-state index >= 15 is 0 Å². The number of amides is 2. The minimum Gasteiger partial charge on any atom is -0.384 e. The van der Waals surface area contributed by atoms with Gasteiger partial charge in [0.1, 0.15) is 5.84 Å². The molecule has 1 aromatic rings. The Morgan fingerprint density at radius 2 is 1.88 bits per heavy atom. The van der Waals surface area contributed by atoms with Crippen LogP contribution in [0.2, 0.25) is 0 Å². The molecule has 6 nitrogen and oxygen atoms in total. The van der Waals surface area contributed by atoms with Crippen molar-refractivity contribution in [1.29, 1.82) is 5.41 Å². The number of hydrogen-bond acceptors (Lipinski definition) is 3. The van der Waals surface area contributed by atoms with Gasteiger partial charge in [0.15, 0.2) is 0 Å². The number of benzene rings is 1. The second-order valence-electron chi connectivity index (χ2n) is 5.96. The molecule has 0 bridgehead atoms. The molecule has 1 unspecified atom stereocenters. The SMILES string of the molecule is CCCN(CC(=O)NCc1ccc(C(=N)N)cc1)C(=O)C(C)CC. The summed E-state index contributed by atoms with van der Waals surface area (Å²) < 4.78 is 0. The number of carbonyl (C=O) groups excluding carboxylic acids is 2. The van der Waals surface area contributed by atoms with E-state index in [4.69, 9.17) is 11.1 Å². The van der Waals surface area contributed by atoms with E-state index in [0.717, 1.165) is 18.4 Å². The summed E-state index contributed by atoms with van der Waals surface area (Å²) in [5.74, 6) is -0.191. The summed E-state index contributed by atoms with van der Waals surface area (Å²) in [4.78, 5) is 26.0. The molecule has 0 aliphatic heterocycles. The minimum atomic E-state index is -0.171. The van der Waals surface area contributed by atoms with Crippen LogP contribution in [0.25, 0.3) is 0 Å². The van der Waals surface area contributed by atoms with Crippen LogP contribution in [0, 0.1) is 11.3 Å². The normalized spacial score (nSPS) is 11.6. The van der Waals surface area contributed by atoms with Gasteiger partial charge in [-0.2, -0.15) is 0 Å². The van der Waals surface area contributed by atoms with Crippen molar-refractivity contribution >= 4 is 17.6 Å². The molecule has 0 aliphatic carbocycles. The van der Waals surface area contributed by atoms with Crippen molar-refractivity contribution < 1.29 is 9.59 Å². The first kappa shape index (κ1) is 19.7. The van der Waals surface area contributed by atoms with Gasteiger partial charge >= 0.3 is 0 Å². The highest BCUT2D eigenvalue weighted by atomic mass is 16.2. The van der Waals surface area contributed by atoms with Gasteiger partial charge in [-0.25, -0.2) is 0 Å². The monoisotopic (exact) mass is 332 g/mol. The Morgan fingerprint density at radius 1 is 1.25 bits per heavy atom. The Kier molecular flexibility index (Phi) is 7.95. The molecule has 24 heavy (non-hydrogen) atoms. The first-order valence-electron chi connectivity index (χ1n) is 8.37. The van der Waals surface area contributed by atoms with Gasteiger partial charge in [0.25, 0.3) is 0 Å². The third-order valence-corrected chi connectivity index (χ3v) is 3.93. The summed E-state index contributed by atoms with van der Waals surface area (Å²) in [6.45, 7) is 6.91. The summed E-state index contributed by atoms with van der Waals surface area (Å²) in [5.41, 5.74) is 6.98. The summed E-state index contributed by atoms with van der Waals surface area (Å²) in [6.07, 6.45) is 1.59. The van der Waals surface area contributed by atoms with Crippen LogP contribution in [0.15, 0.2) is 24.3 Å². The molecule has 0 radical (unpaired) electrons. The average molecular weight is 332 g/mol. The standard InChI is InChI=1S/C18H28N4O2/c1-4-10-22(18(24)13(3)5-2)12-16(23)21-11-14-6-8-15(9-7-14)17(19)20/h6-9,13H,4-5,10-12H2,1-3H3,(H3,19,20)(H,21,23). The maximum atomic E-state index is 12.3. The highest BCUT2D eigenvalue weighted by Gasteiger charge is 2.20. The van der Waals surface area contributed by atoms with Crippen LogP contribution in [0.5, 0.6) is 0 Å². The maximum Gasteiger partial charge on any atom is 0.239 e. The molecule has 0 aromatic heterocycles. The second kappa shape index (κ2) is 9.70. The van der Waals surface area contributed by atoms with Gasteiger partial charge in [0.05, 0.1) is 6.54 Å². The summed E-state index contributed by atoms with van der Waals surface area (Å²) in [5, 5.41) is 10.2. The number of nitrogens with zero attached hydrogens (tertiary/aromatic N) is 1. The quantitative estimate of drug-likeness (QED) is 0.475. The zero-order valence-corrected chi connectivity index (χ0v) is 14.8. The van der Waals surface area contributed by atoms with E-state index in [1.54, 1.807) is 17.0 Å². The summed E-state index contributed by atoms with van der Waals surface area (Å²) in [7, 11) is 0. The first-order chi connectivity index (χ1) is 11.4. The fraction of sp³-hybridized carbons (Fsp3) is 0.500. The van der Waals surface area contributed by atoms with Gasteiger partial charge in [-0.15, -0.1) is 0 Å². The van der Waals surface area contributed by atoms with E-state index in [0.29, 0.717) is 18.7 Å². The van der Waals surface area contributed by atoms with Crippen molar-refractivity contribution in [1.82, 2.24) is 10.2 Å². The Balaban J connectivity index is 2.56. The van der Waals surface area contributed by atoms with E-state index in [9.17, 15) is 9.59 Å². The highest BCUT2D eigenvalue weighted by molar-refractivity contribution is 5.94. The van der Waals surface area contributed by atoms with Gasteiger partial charge in [-0.1, -0.05) is 45.0 Å². The van der Waals surface area contributed by atoms with Crippen LogP contribution in [-0.2, 0) is 16.1 Å². The lowest BCUT2D eigenvalue weighted by molar-refractivity contribution is -0.139. The van der Waals surface area contributed by atoms with E-state index < -0.39 is 0 Å². The van der Waals surface area contributed by atoms with Crippen LogP contribution in [0.1, 0.15) is 44.7 Å². The molecule has 6 heteroatoms. The molecule has 2 amide bonds. The fourth-order valence-electron chi connectivity index (χ4n) is 2.26. The largest absolute Gasteiger partial charge is 0.384 e. The molecule has 0 saturated heterocycles. The number of nitrogens with one attached hydrogen (secondary N) is 2. The lowest BCUT2D eigenvalue weighted by Gasteiger charge is -2.24. The number of carbonyl (C=O) groups is 2. The van der Waals surface area contributed by atoms with Crippen LogP contribution in [-0.4, -0.2) is 35.6 Å². The van der Waals surface area contributed by atoms with Crippen LogP contribution in [0.3, 0.4) is 0 Å². The zero-order valence-electron chi connectivity index (χ0n) is 14.8. The van der Waals surface area contributed by atoms with Gasteiger partial charge < -0.3 is 16.0 Å². The maximum absolute atomic E-state index is 12.3. The lowest BCUT2D eigenvalue weighted by atomic mass is 10.1. The van der Waals surface area contributed by atoms with E-state index in [1.165, 1.54) is 0 Å².